The number of hydrogen-bond acceptors (Lipinski definition) is 5. The maximum absolute atomic E-state index is 13.4. The lowest BCUT2D eigenvalue weighted by molar-refractivity contribution is -0.124. The summed E-state index contributed by atoms with van der Waals surface area (Å²) >= 11 is 0. The van der Waals surface area contributed by atoms with Crippen molar-refractivity contribution in [2.75, 3.05) is 27.8 Å². The van der Waals surface area contributed by atoms with Crippen LogP contribution in [0.4, 0.5) is 0 Å². The lowest BCUT2D eigenvalue weighted by Crippen LogP contribution is -2.27. The zero-order valence-electron chi connectivity index (χ0n) is 21.3. The van der Waals surface area contributed by atoms with Crippen molar-refractivity contribution in [3.8, 4) is 11.5 Å². The van der Waals surface area contributed by atoms with E-state index in [-0.39, 0.29) is 10.8 Å². The van der Waals surface area contributed by atoms with E-state index in [0.717, 1.165) is 16.5 Å². The van der Waals surface area contributed by atoms with E-state index < -0.39 is 10.0 Å². The molecular weight excluding hydrogens is 488 g/mol. The standard InChI is InChI=1S/C29H30N2O5S/c1-21-9-13-24(14-10-21)37(33,34)31-20-23(25-7-5-6-8-26(25)31)12-16-29(32)30(2)18-17-22-11-15-27(35-3)28(19-22)36-4/h5-16,19-20H,17-18H2,1-4H3/b16-12+. The smallest absolute Gasteiger partial charge is 0.268 e. The molecule has 1 heterocycles. The Morgan fingerprint density at radius 1 is 0.973 bits per heavy atom. The van der Waals surface area contributed by atoms with E-state index in [9.17, 15) is 13.2 Å². The topological polar surface area (TPSA) is 77.8 Å². The van der Waals surface area contributed by atoms with E-state index in [1.165, 1.54) is 10.0 Å². The normalized spacial score (nSPS) is 11.7. The minimum absolute atomic E-state index is 0.182. The van der Waals surface area contributed by atoms with Gasteiger partial charge in [0.1, 0.15) is 0 Å². The molecule has 0 atom stereocenters. The molecule has 0 bridgehead atoms. The third-order valence-corrected chi connectivity index (χ3v) is 7.94. The summed E-state index contributed by atoms with van der Waals surface area (Å²) in [6, 6.07) is 19.7. The number of rotatable bonds is 9. The second-order valence-corrected chi connectivity index (χ2v) is 10.6. The van der Waals surface area contributed by atoms with Crippen LogP contribution >= 0.6 is 0 Å². The molecule has 1 amide bonds. The van der Waals surface area contributed by atoms with Gasteiger partial charge in [-0.1, -0.05) is 42.0 Å². The van der Waals surface area contributed by atoms with E-state index in [0.29, 0.717) is 35.5 Å². The van der Waals surface area contributed by atoms with Crippen LogP contribution in [0, 0.1) is 6.92 Å². The molecule has 0 aliphatic rings. The molecule has 0 spiro atoms. The van der Waals surface area contributed by atoms with Crippen molar-refractivity contribution in [2.24, 2.45) is 0 Å². The Balaban J connectivity index is 1.53. The van der Waals surface area contributed by atoms with Gasteiger partial charge in [-0.05, 0) is 55.3 Å². The van der Waals surface area contributed by atoms with E-state index in [2.05, 4.69) is 0 Å². The number of nitrogens with zero attached hydrogens (tertiary/aromatic N) is 2. The van der Waals surface area contributed by atoms with Crippen molar-refractivity contribution in [3.05, 3.63) is 95.7 Å². The molecule has 0 aliphatic heterocycles. The highest BCUT2D eigenvalue weighted by molar-refractivity contribution is 7.90. The van der Waals surface area contributed by atoms with Gasteiger partial charge in [-0.3, -0.25) is 4.79 Å². The molecule has 8 heteroatoms. The third kappa shape index (κ3) is 5.54. The van der Waals surface area contributed by atoms with Crippen LogP contribution in [-0.2, 0) is 21.2 Å². The Hall–Kier alpha value is -4.04. The molecular formula is C29H30N2O5S. The largest absolute Gasteiger partial charge is 0.493 e. The number of carbonyl (C=O) groups excluding carboxylic acids is 1. The molecule has 4 rings (SSSR count). The number of aryl methyl sites for hydroxylation is 1. The quantitative estimate of drug-likeness (QED) is 0.294. The highest BCUT2D eigenvalue weighted by Gasteiger charge is 2.20. The zero-order chi connectivity index (χ0) is 26.6. The fourth-order valence-electron chi connectivity index (χ4n) is 4.06. The summed E-state index contributed by atoms with van der Waals surface area (Å²) < 4.78 is 38.6. The highest BCUT2D eigenvalue weighted by Crippen LogP contribution is 2.28. The van der Waals surface area contributed by atoms with E-state index >= 15 is 0 Å². The van der Waals surface area contributed by atoms with Gasteiger partial charge in [-0.15, -0.1) is 0 Å². The SMILES string of the molecule is COc1ccc(CCN(C)C(=O)/C=C/c2cn(S(=O)(=O)c3ccc(C)cc3)c3ccccc23)cc1OC. The molecule has 192 valence electrons. The highest BCUT2D eigenvalue weighted by atomic mass is 32.2. The van der Waals surface area contributed by atoms with Gasteiger partial charge in [0, 0.05) is 36.8 Å². The first kappa shape index (κ1) is 26.0. The van der Waals surface area contributed by atoms with E-state index in [1.54, 1.807) is 74.8 Å². The number of ether oxygens (including phenoxy) is 2. The number of benzene rings is 3. The Labute approximate surface area is 217 Å². The maximum atomic E-state index is 13.4. The maximum Gasteiger partial charge on any atom is 0.268 e. The molecule has 7 nitrogen and oxygen atoms in total. The first-order chi connectivity index (χ1) is 17.7. The number of methoxy groups -OCH3 is 2. The van der Waals surface area contributed by atoms with Crippen LogP contribution < -0.4 is 9.47 Å². The Morgan fingerprint density at radius 2 is 1.68 bits per heavy atom. The van der Waals surface area contributed by atoms with Gasteiger partial charge in [0.05, 0.1) is 24.6 Å². The van der Waals surface area contributed by atoms with Crippen molar-refractivity contribution in [1.82, 2.24) is 8.87 Å². The number of likely N-dealkylation sites (N-methyl/N-ethyl adjacent to an activating group) is 1. The predicted octanol–water partition coefficient (Wildman–Crippen LogP) is 4.92. The lowest BCUT2D eigenvalue weighted by Gasteiger charge is -2.16. The van der Waals surface area contributed by atoms with Crippen LogP contribution in [0.3, 0.4) is 0 Å². The van der Waals surface area contributed by atoms with Gasteiger partial charge in [0.15, 0.2) is 11.5 Å². The molecule has 0 saturated carbocycles. The molecule has 0 unspecified atom stereocenters. The average Bonchev–Trinajstić information content (AvgIpc) is 3.30. The second kappa shape index (κ2) is 10.9. The fourth-order valence-corrected chi connectivity index (χ4v) is 5.44. The molecule has 0 radical (unpaired) electrons. The number of para-hydroxylation sites is 1. The molecule has 3 aromatic carbocycles. The van der Waals surface area contributed by atoms with Gasteiger partial charge in [0.25, 0.3) is 10.0 Å². The molecule has 1 aromatic heterocycles. The number of fused-ring (bicyclic) bond motifs is 1. The number of hydrogen-bond donors (Lipinski definition) is 0. The minimum atomic E-state index is -3.80. The van der Waals surface area contributed by atoms with Gasteiger partial charge in [0.2, 0.25) is 5.91 Å². The lowest BCUT2D eigenvalue weighted by atomic mass is 10.1. The summed E-state index contributed by atoms with van der Waals surface area (Å²) in [5.74, 6) is 1.12. The molecule has 4 aromatic rings. The third-order valence-electron chi connectivity index (χ3n) is 6.25. The molecule has 0 saturated heterocycles. The first-order valence-corrected chi connectivity index (χ1v) is 13.2. The molecule has 0 aliphatic carbocycles. The Kier molecular flexibility index (Phi) is 7.69. The van der Waals surface area contributed by atoms with Crippen LogP contribution in [0.1, 0.15) is 16.7 Å². The predicted molar refractivity (Wildman–Crippen MR) is 146 cm³/mol. The summed E-state index contributed by atoms with van der Waals surface area (Å²) in [4.78, 5) is 14.7. The van der Waals surface area contributed by atoms with Crippen LogP contribution in [0.25, 0.3) is 17.0 Å². The summed E-state index contributed by atoms with van der Waals surface area (Å²) in [6.45, 7) is 2.41. The van der Waals surface area contributed by atoms with Crippen molar-refractivity contribution in [3.63, 3.8) is 0 Å². The molecule has 0 N–H and O–H groups in total. The van der Waals surface area contributed by atoms with Gasteiger partial charge in [-0.2, -0.15) is 0 Å². The van der Waals surface area contributed by atoms with Crippen LogP contribution in [-0.4, -0.2) is 51.0 Å². The Bertz CT molecular complexity index is 1550. The van der Waals surface area contributed by atoms with Crippen molar-refractivity contribution in [1.29, 1.82) is 0 Å². The monoisotopic (exact) mass is 518 g/mol. The van der Waals surface area contributed by atoms with Gasteiger partial charge in [-0.25, -0.2) is 12.4 Å². The van der Waals surface area contributed by atoms with Crippen molar-refractivity contribution in [2.45, 2.75) is 18.2 Å². The van der Waals surface area contributed by atoms with Gasteiger partial charge >= 0.3 is 0 Å². The van der Waals surface area contributed by atoms with Crippen LogP contribution in [0.2, 0.25) is 0 Å². The average molecular weight is 519 g/mol. The summed E-state index contributed by atoms with van der Waals surface area (Å²) in [5.41, 5.74) is 3.20. The number of amides is 1. The fraction of sp³-hybridized carbons (Fsp3) is 0.207. The van der Waals surface area contributed by atoms with E-state index in [4.69, 9.17) is 9.47 Å². The molecule has 0 fully saturated rings. The van der Waals surface area contributed by atoms with Gasteiger partial charge < -0.3 is 14.4 Å². The first-order valence-electron chi connectivity index (χ1n) is 11.8. The molecule has 37 heavy (non-hydrogen) atoms. The summed E-state index contributed by atoms with van der Waals surface area (Å²) in [7, 11) is 1.11. The second-order valence-electron chi connectivity index (χ2n) is 8.75. The van der Waals surface area contributed by atoms with Crippen LogP contribution in [0.5, 0.6) is 11.5 Å². The Morgan fingerprint density at radius 3 is 2.38 bits per heavy atom. The van der Waals surface area contributed by atoms with Crippen molar-refractivity contribution >= 4 is 32.9 Å². The number of carbonyl (C=O) groups is 1. The van der Waals surface area contributed by atoms with Crippen molar-refractivity contribution < 1.29 is 22.7 Å². The zero-order valence-corrected chi connectivity index (χ0v) is 22.2. The number of aromatic nitrogens is 1. The summed E-state index contributed by atoms with van der Waals surface area (Å²) in [5, 5.41) is 0.746. The summed E-state index contributed by atoms with van der Waals surface area (Å²) in [6.07, 6.45) is 5.34. The van der Waals surface area contributed by atoms with E-state index in [1.807, 2.05) is 37.3 Å². The minimum Gasteiger partial charge on any atom is -0.493 e. The van der Waals surface area contributed by atoms with Crippen LogP contribution in [0.15, 0.2) is 83.9 Å².